The van der Waals surface area contributed by atoms with Crippen LogP contribution >= 0.6 is 0 Å². The summed E-state index contributed by atoms with van der Waals surface area (Å²) >= 11 is 0. The van der Waals surface area contributed by atoms with Crippen molar-refractivity contribution in [2.75, 3.05) is 6.54 Å². The summed E-state index contributed by atoms with van der Waals surface area (Å²) in [7, 11) is 0. The first-order chi connectivity index (χ1) is 5.97. The van der Waals surface area contributed by atoms with E-state index in [4.69, 9.17) is 0 Å². The Morgan fingerprint density at radius 3 is 2.69 bits per heavy atom. The van der Waals surface area contributed by atoms with Crippen molar-refractivity contribution in [1.82, 2.24) is 15.3 Å². The average Bonchev–Trinajstić information content (AvgIpc) is 2.33. The zero-order valence-corrected chi connectivity index (χ0v) is 7.07. The Labute approximate surface area is 73.4 Å². The molecule has 0 aliphatic heterocycles. The second-order valence-electron chi connectivity index (χ2n) is 2.71. The van der Waals surface area contributed by atoms with E-state index in [1.807, 2.05) is 0 Å². The highest BCUT2D eigenvalue weighted by Crippen LogP contribution is 2.12. The van der Waals surface area contributed by atoms with Gasteiger partial charge in [0.15, 0.2) is 0 Å². The van der Waals surface area contributed by atoms with E-state index in [1.54, 1.807) is 6.92 Å². The summed E-state index contributed by atoms with van der Waals surface area (Å²) in [5, 5.41) is 2.26. The molecule has 0 saturated carbocycles. The van der Waals surface area contributed by atoms with Gasteiger partial charge in [-0.1, -0.05) is 0 Å². The van der Waals surface area contributed by atoms with Crippen LogP contribution in [0.1, 0.15) is 11.5 Å². The summed E-state index contributed by atoms with van der Waals surface area (Å²) in [5.74, 6) is 0.698. The molecule has 0 aromatic carbocycles. The summed E-state index contributed by atoms with van der Waals surface area (Å²) in [5.41, 5.74) is 0.654. The standard InChI is InChI=1S/C7H10F3N3/c1-5-12-3-6(13-5)2-11-4-7(8,9)10/h3,11H,2,4H2,1H3,(H,12,13). The highest BCUT2D eigenvalue weighted by atomic mass is 19.4. The Kier molecular flexibility index (Phi) is 2.92. The topological polar surface area (TPSA) is 40.7 Å². The number of nitrogens with zero attached hydrogens (tertiary/aromatic N) is 1. The maximum atomic E-state index is 11.7. The Hall–Kier alpha value is -1.04. The third-order valence-corrected chi connectivity index (χ3v) is 1.40. The smallest absolute Gasteiger partial charge is 0.345 e. The Morgan fingerprint density at radius 1 is 1.54 bits per heavy atom. The fourth-order valence-electron chi connectivity index (χ4n) is 0.900. The van der Waals surface area contributed by atoms with Crippen LogP contribution in [0.25, 0.3) is 0 Å². The maximum Gasteiger partial charge on any atom is 0.401 e. The van der Waals surface area contributed by atoms with E-state index in [1.165, 1.54) is 6.20 Å². The lowest BCUT2D eigenvalue weighted by Gasteiger charge is -2.06. The first-order valence-electron chi connectivity index (χ1n) is 3.75. The Morgan fingerprint density at radius 2 is 2.23 bits per heavy atom. The van der Waals surface area contributed by atoms with E-state index >= 15 is 0 Å². The number of hydrogen-bond donors (Lipinski definition) is 2. The van der Waals surface area contributed by atoms with Gasteiger partial charge in [-0.15, -0.1) is 0 Å². The molecule has 0 amide bonds. The third-order valence-electron chi connectivity index (χ3n) is 1.40. The molecule has 1 heterocycles. The molecule has 2 N–H and O–H groups in total. The number of aromatic amines is 1. The van der Waals surface area contributed by atoms with Crippen molar-refractivity contribution >= 4 is 0 Å². The van der Waals surface area contributed by atoms with Crippen molar-refractivity contribution < 1.29 is 13.2 Å². The summed E-state index contributed by atoms with van der Waals surface area (Å²) < 4.78 is 35.0. The summed E-state index contributed by atoms with van der Waals surface area (Å²) in [6, 6.07) is 0. The minimum absolute atomic E-state index is 0.153. The molecule has 0 bridgehead atoms. The van der Waals surface area contributed by atoms with Gasteiger partial charge in [-0.2, -0.15) is 13.2 Å². The fourth-order valence-corrected chi connectivity index (χ4v) is 0.900. The van der Waals surface area contributed by atoms with Crippen molar-refractivity contribution in [1.29, 1.82) is 0 Å². The fraction of sp³-hybridized carbons (Fsp3) is 0.571. The summed E-state index contributed by atoms with van der Waals surface area (Å²) in [4.78, 5) is 6.68. The van der Waals surface area contributed by atoms with Gasteiger partial charge in [0, 0.05) is 18.4 Å². The van der Waals surface area contributed by atoms with Crippen molar-refractivity contribution in [3.8, 4) is 0 Å². The van der Waals surface area contributed by atoms with Crippen LogP contribution in [0.2, 0.25) is 0 Å². The number of alkyl halides is 3. The van der Waals surface area contributed by atoms with E-state index < -0.39 is 12.7 Å². The average molecular weight is 193 g/mol. The van der Waals surface area contributed by atoms with Gasteiger partial charge in [-0.3, -0.25) is 0 Å². The van der Waals surface area contributed by atoms with Crippen molar-refractivity contribution in [2.24, 2.45) is 0 Å². The maximum absolute atomic E-state index is 11.7. The van der Waals surface area contributed by atoms with Gasteiger partial charge >= 0.3 is 6.18 Å². The van der Waals surface area contributed by atoms with E-state index in [0.29, 0.717) is 11.5 Å². The summed E-state index contributed by atoms with van der Waals surface area (Å²) in [6.07, 6.45) is -2.65. The van der Waals surface area contributed by atoms with Gasteiger partial charge in [0.1, 0.15) is 5.82 Å². The predicted molar refractivity (Wildman–Crippen MR) is 41.1 cm³/mol. The van der Waals surface area contributed by atoms with Gasteiger partial charge in [-0.05, 0) is 6.92 Å². The van der Waals surface area contributed by atoms with Crippen molar-refractivity contribution in [3.05, 3.63) is 17.7 Å². The first kappa shape index (κ1) is 10.0. The molecule has 6 heteroatoms. The number of hydrogen-bond acceptors (Lipinski definition) is 2. The highest BCUT2D eigenvalue weighted by molar-refractivity contribution is 4.99. The second-order valence-corrected chi connectivity index (χ2v) is 2.71. The molecule has 0 fully saturated rings. The van der Waals surface area contributed by atoms with Crippen LogP contribution in [0, 0.1) is 6.92 Å². The molecule has 0 radical (unpaired) electrons. The zero-order chi connectivity index (χ0) is 9.90. The number of imidazole rings is 1. The number of aromatic nitrogens is 2. The first-order valence-corrected chi connectivity index (χ1v) is 3.75. The molecule has 0 atom stereocenters. The lowest BCUT2D eigenvalue weighted by molar-refractivity contribution is -0.125. The number of nitrogens with one attached hydrogen (secondary N) is 2. The van der Waals surface area contributed by atoms with Crippen molar-refractivity contribution in [2.45, 2.75) is 19.6 Å². The number of rotatable bonds is 3. The lowest BCUT2D eigenvalue weighted by Crippen LogP contribution is -2.28. The van der Waals surface area contributed by atoms with Crippen LogP contribution in [0.3, 0.4) is 0 Å². The van der Waals surface area contributed by atoms with E-state index in [9.17, 15) is 13.2 Å². The predicted octanol–water partition coefficient (Wildman–Crippen LogP) is 1.37. The molecule has 0 aliphatic rings. The molecule has 1 aromatic heterocycles. The molecular weight excluding hydrogens is 183 g/mol. The van der Waals surface area contributed by atoms with Crippen LogP contribution < -0.4 is 5.32 Å². The Balaban J connectivity index is 2.28. The van der Waals surface area contributed by atoms with E-state index in [2.05, 4.69) is 15.3 Å². The third kappa shape index (κ3) is 3.93. The van der Waals surface area contributed by atoms with Gasteiger partial charge in [0.25, 0.3) is 0 Å². The Bertz CT molecular complexity index is 266. The molecule has 0 aliphatic carbocycles. The molecular formula is C7H10F3N3. The molecule has 0 spiro atoms. The minimum atomic E-state index is -4.16. The second kappa shape index (κ2) is 3.78. The van der Waals surface area contributed by atoms with E-state index in [0.717, 1.165) is 0 Å². The van der Waals surface area contributed by atoms with Gasteiger partial charge < -0.3 is 10.3 Å². The van der Waals surface area contributed by atoms with Gasteiger partial charge in [0.2, 0.25) is 0 Å². The molecule has 3 nitrogen and oxygen atoms in total. The molecule has 13 heavy (non-hydrogen) atoms. The molecule has 1 rings (SSSR count). The van der Waals surface area contributed by atoms with E-state index in [-0.39, 0.29) is 6.54 Å². The monoisotopic (exact) mass is 193 g/mol. The van der Waals surface area contributed by atoms with Crippen LogP contribution in [0.5, 0.6) is 0 Å². The zero-order valence-electron chi connectivity index (χ0n) is 7.07. The molecule has 0 unspecified atom stereocenters. The normalized spacial score (nSPS) is 12.0. The number of halogens is 3. The van der Waals surface area contributed by atoms with Crippen LogP contribution in [0.15, 0.2) is 6.20 Å². The van der Waals surface area contributed by atoms with Crippen LogP contribution in [-0.2, 0) is 6.54 Å². The van der Waals surface area contributed by atoms with Gasteiger partial charge in [0.05, 0.1) is 6.54 Å². The quantitative estimate of drug-likeness (QED) is 0.761. The van der Waals surface area contributed by atoms with Crippen LogP contribution in [0.4, 0.5) is 13.2 Å². The lowest BCUT2D eigenvalue weighted by atomic mass is 10.4. The minimum Gasteiger partial charge on any atom is -0.345 e. The summed E-state index contributed by atoms with van der Waals surface area (Å²) in [6.45, 7) is 0.915. The SMILES string of the molecule is Cc1ncc(CNCC(F)(F)F)[nH]1. The largest absolute Gasteiger partial charge is 0.401 e. The number of aryl methyl sites for hydroxylation is 1. The number of H-pyrrole nitrogens is 1. The molecule has 74 valence electrons. The molecule has 0 saturated heterocycles. The molecule has 1 aromatic rings. The van der Waals surface area contributed by atoms with Crippen LogP contribution in [-0.4, -0.2) is 22.7 Å². The highest BCUT2D eigenvalue weighted by Gasteiger charge is 2.26. The van der Waals surface area contributed by atoms with Crippen molar-refractivity contribution in [3.63, 3.8) is 0 Å². The van der Waals surface area contributed by atoms with Gasteiger partial charge in [-0.25, -0.2) is 4.98 Å².